The minimum Gasteiger partial charge on any atom is -0.381 e. The average molecular weight is 181 g/mol. The van der Waals surface area contributed by atoms with Gasteiger partial charge in [0.2, 0.25) is 0 Å². The lowest BCUT2D eigenvalue weighted by molar-refractivity contribution is 0.0756. The van der Waals surface area contributed by atoms with Gasteiger partial charge in [-0.1, -0.05) is 6.32 Å². The van der Waals surface area contributed by atoms with Crippen LogP contribution in [0.1, 0.15) is 19.8 Å². The van der Waals surface area contributed by atoms with Crippen molar-refractivity contribution in [3.63, 3.8) is 0 Å². The number of rotatable bonds is 5. The van der Waals surface area contributed by atoms with Gasteiger partial charge in [-0.2, -0.15) is 0 Å². The van der Waals surface area contributed by atoms with Crippen LogP contribution < -0.4 is 0 Å². The molecule has 3 heteroatoms. The van der Waals surface area contributed by atoms with E-state index in [1.54, 1.807) is 0 Å². The molecule has 74 valence electrons. The fourth-order valence-corrected chi connectivity index (χ4v) is 1.84. The molecule has 0 spiro atoms. The van der Waals surface area contributed by atoms with Crippen LogP contribution in [0.2, 0.25) is 6.32 Å². The molecule has 1 aliphatic rings. The smallest absolute Gasteiger partial charge is 0.0670 e. The molecule has 1 aliphatic heterocycles. The van der Waals surface area contributed by atoms with E-state index in [0.717, 1.165) is 32.0 Å². The highest BCUT2D eigenvalue weighted by Crippen LogP contribution is 2.17. The number of hydrogen-bond acceptors (Lipinski definition) is 2. The van der Waals surface area contributed by atoms with Crippen molar-refractivity contribution in [2.45, 2.75) is 26.1 Å². The summed E-state index contributed by atoms with van der Waals surface area (Å²) in [5.41, 5.74) is 0. The van der Waals surface area contributed by atoms with Crippen LogP contribution in [0, 0.1) is 5.92 Å². The molecular formula is C10H20BNO. The number of nitrogens with zero attached hydrogens (tertiary/aromatic N) is 1. The molecule has 0 atom stereocenters. The summed E-state index contributed by atoms with van der Waals surface area (Å²) in [6.45, 7) is 7.32. The molecule has 1 rings (SSSR count). The predicted octanol–water partition coefficient (Wildman–Crippen LogP) is 1.32. The van der Waals surface area contributed by atoms with Crippen LogP contribution in [-0.4, -0.2) is 45.6 Å². The average Bonchev–Trinajstić information content (AvgIpc) is 2.17. The van der Waals surface area contributed by atoms with Gasteiger partial charge in [-0.25, -0.2) is 0 Å². The Bertz CT molecular complexity index is 124. The fourth-order valence-electron chi connectivity index (χ4n) is 1.84. The number of likely N-dealkylation sites (tertiary alicyclic amines) is 1. The molecule has 1 heterocycles. The molecule has 0 saturated carbocycles. The van der Waals surface area contributed by atoms with Crippen molar-refractivity contribution < 1.29 is 4.74 Å². The number of hydrogen-bond donors (Lipinski definition) is 0. The molecule has 0 aromatic heterocycles. The zero-order valence-electron chi connectivity index (χ0n) is 8.67. The summed E-state index contributed by atoms with van der Waals surface area (Å²) in [4.78, 5) is 2.45. The van der Waals surface area contributed by atoms with E-state index >= 15 is 0 Å². The maximum atomic E-state index is 5.51. The van der Waals surface area contributed by atoms with Gasteiger partial charge in [0.25, 0.3) is 0 Å². The maximum Gasteiger partial charge on any atom is 0.0670 e. The Hall–Kier alpha value is -0.0151. The summed E-state index contributed by atoms with van der Waals surface area (Å²) in [5, 5.41) is 0. The molecule has 1 fully saturated rings. The van der Waals surface area contributed by atoms with Crippen LogP contribution in [0.25, 0.3) is 0 Å². The first kappa shape index (κ1) is 11.1. The van der Waals surface area contributed by atoms with Gasteiger partial charge in [0, 0.05) is 13.2 Å². The Morgan fingerprint density at radius 1 is 1.38 bits per heavy atom. The quantitative estimate of drug-likeness (QED) is 0.593. The highest BCUT2D eigenvalue weighted by atomic mass is 16.5. The fraction of sp³-hybridized carbons (Fsp3) is 1.00. The van der Waals surface area contributed by atoms with E-state index in [0.29, 0.717) is 0 Å². The monoisotopic (exact) mass is 181 g/mol. The number of piperidine rings is 1. The van der Waals surface area contributed by atoms with E-state index in [2.05, 4.69) is 11.8 Å². The first-order valence-electron chi connectivity index (χ1n) is 5.37. The number of ether oxygens (including phenoxy) is 1. The Kier molecular flexibility index (Phi) is 5.48. The molecule has 0 aromatic carbocycles. The molecule has 13 heavy (non-hydrogen) atoms. The Labute approximate surface area is 83.0 Å². The summed E-state index contributed by atoms with van der Waals surface area (Å²) in [6, 6.07) is 0. The highest BCUT2D eigenvalue weighted by Gasteiger charge is 2.17. The van der Waals surface area contributed by atoms with Crippen LogP contribution >= 0.6 is 0 Å². The largest absolute Gasteiger partial charge is 0.381 e. The van der Waals surface area contributed by atoms with E-state index in [1.165, 1.54) is 25.9 Å². The van der Waals surface area contributed by atoms with Gasteiger partial charge in [0.1, 0.15) is 0 Å². The van der Waals surface area contributed by atoms with Crippen molar-refractivity contribution in [2.24, 2.45) is 5.92 Å². The van der Waals surface area contributed by atoms with Crippen molar-refractivity contribution in [1.82, 2.24) is 4.90 Å². The SMILES string of the molecule is [B]CCN1CCC(COCC)CC1. The van der Waals surface area contributed by atoms with Crippen molar-refractivity contribution >= 4 is 7.85 Å². The Morgan fingerprint density at radius 3 is 2.62 bits per heavy atom. The zero-order valence-corrected chi connectivity index (χ0v) is 8.67. The molecule has 2 nitrogen and oxygen atoms in total. The minimum atomic E-state index is 0.786. The normalized spacial score (nSPS) is 20.7. The molecular weight excluding hydrogens is 161 g/mol. The third kappa shape index (κ3) is 4.14. The molecule has 0 unspecified atom stereocenters. The molecule has 0 bridgehead atoms. The first-order valence-corrected chi connectivity index (χ1v) is 5.37. The molecule has 0 N–H and O–H groups in total. The summed E-state index contributed by atoms with van der Waals surface area (Å²) >= 11 is 0. The molecule has 0 aromatic rings. The van der Waals surface area contributed by atoms with E-state index < -0.39 is 0 Å². The standard InChI is InChI=1S/C10H20BNO/c1-2-13-9-10-3-6-12(7-4-10)8-5-11/h10H,2-9H2,1H3. The molecule has 2 radical (unpaired) electrons. The van der Waals surface area contributed by atoms with Gasteiger partial charge >= 0.3 is 0 Å². The zero-order chi connectivity index (χ0) is 9.52. The van der Waals surface area contributed by atoms with Crippen molar-refractivity contribution in [3.05, 3.63) is 0 Å². The lowest BCUT2D eigenvalue weighted by Crippen LogP contribution is -2.35. The van der Waals surface area contributed by atoms with Crippen molar-refractivity contribution in [2.75, 3.05) is 32.8 Å². The van der Waals surface area contributed by atoms with E-state index in [4.69, 9.17) is 12.6 Å². The third-order valence-electron chi connectivity index (χ3n) is 2.71. The summed E-state index contributed by atoms with van der Waals surface area (Å²) in [5.74, 6) is 0.786. The minimum absolute atomic E-state index is 0.786. The predicted molar refractivity (Wildman–Crippen MR) is 56.2 cm³/mol. The van der Waals surface area contributed by atoms with Gasteiger partial charge in [-0.05, 0) is 45.3 Å². The second kappa shape index (κ2) is 6.44. The van der Waals surface area contributed by atoms with Crippen molar-refractivity contribution in [1.29, 1.82) is 0 Å². The van der Waals surface area contributed by atoms with Crippen LogP contribution in [0.5, 0.6) is 0 Å². The first-order chi connectivity index (χ1) is 6.36. The Morgan fingerprint density at radius 2 is 2.08 bits per heavy atom. The van der Waals surface area contributed by atoms with E-state index in [1.807, 2.05) is 0 Å². The molecule has 0 aliphatic carbocycles. The highest BCUT2D eigenvalue weighted by molar-refractivity contribution is 6.08. The van der Waals surface area contributed by atoms with Gasteiger partial charge in [-0.3, -0.25) is 0 Å². The summed E-state index contributed by atoms with van der Waals surface area (Å²) in [7, 11) is 5.51. The second-order valence-electron chi connectivity index (χ2n) is 3.73. The van der Waals surface area contributed by atoms with Crippen LogP contribution in [0.4, 0.5) is 0 Å². The lowest BCUT2D eigenvalue weighted by Gasteiger charge is -2.31. The van der Waals surface area contributed by atoms with E-state index in [9.17, 15) is 0 Å². The Balaban J connectivity index is 2.08. The second-order valence-corrected chi connectivity index (χ2v) is 3.73. The van der Waals surface area contributed by atoms with Gasteiger partial charge < -0.3 is 9.64 Å². The van der Waals surface area contributed by atoms with Gasteiger partial charge in [-0.15, -0.1) is 0 Å². The van der Waals surface area contributed by atoms with Crippen molar-refractivity contribution in [3.8, 4) is 0 Å². The van der Waals surface area contributed by atoms with Gasteiger partial charge in [0.05, 0.1) is 7.85 Å². The maximum absolute atomic E-state index is 5.51. The molecule has 1 saturated heterocycles. The van der Waals surface area contributed by atoms with Crippen LogP contribution in [0.15, 0.2) is 0 Å². The lowest BCUT2D eigenvalue weighted by atomic mass is 9.96. The summed E-state index contributed by atoms with van der Waals surface area (Å²) in [6.07, 6.45) is 3.34. The molecule has 0 amide bonds. The van der Waals surface area contributed by atoms with Crippen LogP contribution in [0.3, 0.4) is 0 Å². The topological polar surface area (TPSA) is 12.5 Å². The summed E-state index contributed by atoms with van der Waals surface area (Å²) < 4.78 is 5.42. The van der Waals surface area contributed by atoms with E-state index in [-0.39, 0.29) is 0 Å². The third-order valence-corrected chi connectivity index (χ3v) is 2.71. The van der Waals surface area contributed by atoms with Crippen LogP contribution in [-0.2, 0) is 4.74 Å². The van der Waals surface area contributed by atoms with Gasteiger partial charge in [0.15, 0.2) is 0 Å².